The Kier molecular flexibility index (Phi) is 69.1. The fourth-order valence-corrected chi connectivity index (χ4v) is 0. The predicted octanol–water partition coefficient (Wildman–Crippen LogP) is -0.889. The zero-order valence-electron chi connectivity index (χ0n) is 1.93. The summed E-state index contributed by atoms with van der Waals surface area (Å²) in [5.41, 5.74) is 0. The van der Waals surface area contributed by atoms with Crippen LogP contribution >= 0.6 is 0 Å². The molecule has 0 fully saturated rings. The third kappa shape index (κ3) is 11.0. The second kappa shape index (κ2) is 30.9. The summed E-state index contributed by atoms with van der Waals surface area (Å²) in [6.45, 7) is 0. The van der Waals surface area contributed by atoms with Crippen LogP contribution in [0.3, 0.4) is 0 Å². The van der Waals surface area contributed by atoms with Crippen LogP contribution in [0, 0.1) is 0 Å². The van der Waals surface area contributed by atoms with Crippen molar-refractivity contribution in [2.24, 2.45) is 0 Å². The van der Waals surface area contributed by atoms with Crippen molar-refractivity contribution in [2.45, 2.75) is 0 Å². The summed E-state index contributed by atoms with van der Waals surface area (Å²) >= 11 is 0.600. The van der Waals surface area contributed by atoms with Crippen molar-refractivity contribution < 1.29 is 26.0 Å². The summed E-state index contributed by atoms with van der Waals surface area (Å²) in [5, 5.41) is 0. The van der Waals surface area contributed by atoms with E-state index in [2.05, 4.69) is 0 Å². The third-order valence-corrected chi connectivity index (χ3v) is 0. The molecule has 2 nitrogen and oxygen atoms in total. The van der Waals surface area contributed by atoms with Crippen LogP contribution in [-0.4, -0.2) is 24.4 Å². The van der Waals surface area contributed by atoms with Crippen LogP contribution in [0.1, 0.15) is 0 Å². The fourth-order valence-electron chi connectivity index (χ4n) is 0. The SMILES string of the molecule is [O]=[InH].[O]=[Mo]. The summed E-state index contributed by atoms with van der Waals surface area (Å²) in [6.07, 6.45) is 0. The molecule has 0 aliphatic rings. The van der Waals surface area contributed by atoms with Crippen molar-refractivity contribution in [3.8, 4) is 0 Å². The minimum atomic E-state index is -0.1000. The fraction of sp³-hybridized carbons (Fsp3) is 0. The summed E-state index contributed by atoms with van der Waals surface area (Å²) < 4.78 is 16.7. The molecule has 0 bridgehead atoms. The van der Waals surface area contributed by atoms with E-state index in [1.54, 1.807) is 0 Å². The molecule has 0 unspecified atom stereocenters. The molecule has 4 heavy (non-hydrogen) atoms. The van der Waals surface area contributed by atoms with Crippen molar-refractivity contribution in [3.05, 3.63) is 0 Å². The molecule has 0 aromatic rings. The van der Waals surface area contributed by atoms with E-state index in [9.17, 15) is 0 Å². The number of hydrogen-bond donors (Lipinski definition) is 0. The molecule has 4 heteroatoms. The van der Waals surface area contributed by atoms with E-state index in [4.69, 9.17) is 6.25 Å². The number of rotatable bonds is 0. The molecule has 0 aliphatic heterocycles. The van der Waals surface area contributed by atoms with Crippen molar-refractivity contribution in [2.75, 3.05) is 0 Å². The van der Waals surface area contributed by atoms with E-state index < -0.39 is 0 Å². The van der Waals surface area contributed by atoms with Gasteiger partial charge in [0.15, 0.2) is 0 Å². The van der Waals surface area contributed by atoms with E-state index >= 15 is 0 Å². The molecule has 0 spiro atoms. The first-order valence-electron chi connectivity index (χ1n) is 0.455. The van der Waals surface area contributed by atoms with Gasteiger partial charge in [0.05, 0.1) is 0 Å². The first-order valence-corrected chi connectivity index (χ1v) is 2.92. The molecule has 0 saturated carbocycles. The van der Waals surface area contributed by atoms with Crippen molar-refractivity contribution in [3.63, 3.8) is 0 Å². The average molecular weight is 244 g/mol. The summed E-state index contributed by atoms with van der Waals surface area (Å²) in [5.74, 6) is 0. The summed E-state index contributed by atoms with van der Waals surface area (Å²) in [4.78, 5) is 0. The van der Waals surface area contributed by atoms with Gasteiger partial charge < -0.3 is 0 Å². The molecule has 0 aliphatic carbocycles. The first-order chi connectivity index (χ1) is 2.00. The van der Waals surface area contributed by atoms with Crippen molar-refractivity contribution in [1.82, 2.24) is 0 Å². The van der Waals surface area contributed by atoms with Crippen LogP contribution in [0.25, 0.3) is 0 Å². The zero-order valence-corrected chi connectivity index (χ0v) is 7.98. The molecule has 0 heterocycles. The van der Waals surface area contributed by atoms with Crippen molar-refractivity contribution >= 4 is 24.4 Å². The van der Waals surface area contributed by atoms with Gasteiger partial charge in [-0.2, -0.15) is 0 Å². The maximum absolute atomic E-state index is 8.42. The Morgan fingerprint density at radius 3 is 1.25 bits per heavy atom. The molecule has 0 amide bonds. The Morgan fingerprint density at radius 1 is 1.25 bits per heavy atom. The topological polar surface area (TPSA) is 34.1 Å². The molecular weight excluding hydrogens is 243 g/mol. The quantitative estimate of drug-likeness (QED) is 0.518. The van der Waals surface area contributed by atoms with Gasteiger partial charge in [0, 0.05) is 0 Å². The molecule has 0 radical (unpaired) electrons. The first kappa shape index (κ1) is 8.94. The van der Waals surface area contributed by atoms with Gasteiger partial charge in [-0.25, -0.2) is 0 Å². The molecule has 0 rings (SSSR count). The van der Waals surface area contributed by atoms with E-state index in [-0.39, 0.29) is 24.4 Å². The predicted molar refractivity (Wildman–Crippen MR) is 8.52 cm³/mol. The van der Waals surface area contributed by atoms with Gasteiger partial charge in [-0.15, -0.1) is 0 Å². The molecular formula is HInMoO2. The molecule has 0 aromatic heterocycles. The van der Waals surface area contributed by atoms with Gasteiger partial charge in [0.1, 0.15) is 0 Å². The minimum absolute atomic E-state index is 0.1000. The molecule has 0 saturated heterocycles. The number of hydrogen-bond acceptors (Lipinski definition) is 2. The molecule has 0 atom stereocenters. The Labute approximate surface area is 50.2 Å². The Bertz CT molecular complexity index is 8.00. The van der Waals surface area contributed by atoms with Gasteiger partial charge >= 0.3 is 50.4 Å². The van der Waals surface area contributed by atoms with Crippen molar-refractivity contribution in [1.29, 1.82) is 0 Å². The van der Waals surface area contributed by atoms with E-state index in [0.29, 0.717) is 19.8 Å². The van der Waals surface area contributed by atoms with E-state index in [0.717, 1.165) is 0 Å². The Balaban J connectivity index is 0. The molecule has 0 N–H and O–H groups in total. The van der Waals surface area contributed by atoms with Crippen LogP contribution < -0.4 is 0 Å². The van der Waals surface area contributed by atoms with Crippen LogP contribution in [0.15, 0.2) is 0 Å². The third-order valence-electron chi connectivity index (χ3n) is 0. The Morgan fingerprint density at radius 2 is 1.25 bits per heavy atom. The van der Waals surface area contributed by atoms with Crippen LogP contribution in [-0.2, 0) is 26.0 Å². The van der Waals surface area contributed by atoms with E-state index in [1.165, 1.54) is 0 Å². The Hall–Kier alpha value is 1.16. The standard InChI is InChI=1S/In.Mo.2O.H. The van der Waals surface area contributed by atoms with Crippen LogP contribution in [0.4, 0.5) is 0 Å². The average Bonchev–Trinajstić information content (AvgIpc) is 1.50. The zero-order chi connectivity index (χ0) is 4.00. The van der Waals surface area contributed by atoms with Gasteiger partial charge in [-0.1, -0.05) is 0 Å². The van der Waals surface area contributed by atoms with Gasteiger partial charge in [-0.3, -0.25) is 0 Å². The van der Waals surface area contributed by atoms with Gasteiger partial charge in [0.2, 0.25) is 0 Å². The van der Waals surface area contributed by atoms with Crippen LogP contribution in [0.2, 0.25) is 0 Å². The van der Waals surface area contributed by atoms with Gasteiger partial charge in [0.25, 0.3) is 0 Å². The summed E-state index contributed by atoms with van der Waals surface area (Å²) in [7, 11) is 0. The molecule has 22 valence electrons. The maximum atomic E-state index is 8.42. The molecule has 0 aromatic carbocycles. The van der Waals surface area contributed by atoms with Gasteiger partial charge in [-0.05, 0) is 0 Å². The second-order valence-corrected chi connectivity index (χ2v) is 0. The second-order valence-electron chi connectivity index (χ2n) is 0. The summed E-state index contributed by atoms with van der Waals surface area (Å²) in [6, 6.07) is 0. The van der Waals surface area contributed by atoms with Crippen LogP contribution in [0.5, 0.6) is 0 Å². The monoisotopic (exact) mass is 246 g/mol. The van der Waals surface area contributed by atoms with E-state index in [1.807, 2.05) is 0 Å². The normalized spacial score (nSPS) is 1.75.